The van der Waals surface area contributed by atoms with Crippen LogP contribution in [0.5, 0.6) is 11.5 Å². The fourth-order valence-electron chi connectivity index (χ4n) is 3.85. The molecule has 0 aliphatic heterocycles. The Balaban J connectivity index is 3.24. The Labute approximate surface area is 160 Å². The predicted octanol–water partition coefficient (Wildman–Crippen LogP) is 5.86. The van der Waals surface area contributed by atoms with Crippen molar-refractivity contribution in [3.63, 3.8) is 0 Å². The van der Waals surface area contributed by atoms with E-state index in [1.54, 1.807) is 14.0 Å². The summed E-state index contributed by atoms with van der Waals surface area (Å²) >= 11 is 0. The van der Waals surface area contributed by atoms with E-state index in [-0.39, 0.29) is 5.78 Å². The third-order valence-corrected chi connectivity index (χ3v) is 11.1. The van der Waals surface area contributed by atoms with E-state index in [1.165, 1.54) is 0 Å². The summed E-state index contributed by atoms with van der Waals surface area (Å²) < 4.78 is 17.8. The van der Waals surface area contributed by atoms with Crippen LogP contribution in [0.3, 0.4) is 0 Å². The molecular formula is C21H36O4Si. The van der Waals surface area contributed by atoms with Crippen LogP contribution < -0.4 is 9.16 Å². The zero-order valence-corrected chi connectivity index (χ0v) is 18.7. The van der Waals surface area contributed by atoms with Crippen LogP contribution in [0.1, 0.15) is 65.2 Å². The molecule has 0 radical (unpaired) electrons. The van der Waals surface area contributed by atoms with Crippen molar-refractivity contribution in [3.8, 4) is 11.5 Å². The van der Waals surface area contributed by atoms with Crippen molar-refractivity contribution in [2.24, 2.45) is 0 Å². The highest BCUT2D eigenvalue weighted by Crippen LogP contribution is 2.44. The summed E-state index contributed by atoms with van der Waals surface area (Å²) in [6.07, 6.45) is 0.793. The van der Waals surface area contributed by atoms with Crippen LogP contribution in [0.4, 0.5) is 0 Å². The second-order valence-corrected chi connectivity index (χ2v) is 13.2. The lowest BCUT2D eigenvalue weighted by molar-refractivity contribution is 0.101. The van der Waals surface area contributed by atoms with Gasteiger partial charge in [0.1, 0.15) is 5.75 Å². The van der Waals surface area contributed by atoms with Gasteiger partial charge >= 0.3 is 0 Å². The first-order valence-corrected chi connectivity index (χ1v) is 11.8. The van der Waals surface area contributed by atoms with E-state index in [1.807, 2.05) is 18.2 Å². The Bertz CT molecular complexity index is 560. The Morgan fingerprint density at radius 3 is 2.00 bits per heavy atom. The molecule has 4 nitrogen and oxygen atoms in total. The van der Waals surface area contributed by atoms with Gasteiger partial charge in [-0.15, -0.1) is 0 Å². The SMILES string of the molecule is COCCCOc1cc(C(C)=O)ccc1O[Si](C(C)C)(C(C)C)C(C)C. The van der Waals surface area contributed by atoms with Gasteiger partial charge in [-0.2, -0.15) is 0 Å². The Morgan fingerprint density at radius 1 is 0.962 bits per heavy atom. The number of hydrogen-bond acceptors (Lipinski definition) is 4. The van der Waals surface area contributed by atoms with Crippen LogP contribution in [0.2, 0.25) is 16.6 Å². The lowest BCUT2D eigenvalue weighted by atomic mass is 10.1. The Hall–Kier alpha value is -1.33. The number of methoxy groups -OCH3 is 1. The molecule has 0 bridgehead atoms. The molecule has 0 amide bonds. The summed E-state index contributed by atoms with van der Waals surface area (Å²) in [6.45, 7) is 16.3. The summed E-state index contributed by atoms with van der Waals surface area (Å²) in [7, 11) is -0.409. The average molecular weight is 381 g/mol. The van der Waals surface area contributed by atoms with Crippen molar-refractivity contribution in [1.29, 1.82) is 0 Å². The molecule has 0 aromatic heterocycles. The van der Waals surface area contributed by atoms with E-state index in [0.717, 1.165) is 12.2 Å². The lowest BCUT2D eigenvalue weighted by Crippen LogP contribution is -2.50. The number of hydrogen-bond donors (Lipinski definition) is 0. The standard InChI is InChI=1S/C21H36O4Si/c1-15(2)26(16(3)4,17(5)6)25-20-11-10-19(18(7)22)14-21(20)24-13-9-12-23-8/h10-11,14-17H,9,12-13H2,1-8H3. The third kappa shape index (κ3) is 5.33. The van der Waals surface area contributed by atoms with Crippen molar-refractivity contribution in [2.75, 3.05) is 20.3 Å². The van der Waals surface area contributed by atoms with E-state index in [9.17, 15) is 4.79 Å². The van der Waals surface area contributed by atoms with Crippen LogP contribution in [0.15, 0.2) is 18.2 Å². The maximum atomic E-state index is 11.8. The van der Waals surface area contributed by atoms with Gasteiger partial charge in [0.25, 0.3) is 8.32 Å². The van der Waals surface area contributed by atoms with Gasteiger partial charge in [0, 0.05) is 25.7 Å². The van der Waals surface area contributed by atoms with Crippen molar-refractivity contribution in [1.82, 2.24) is 0 Å². The number of Topliss-reactive ketones (excluding diaryl/α,β-unsaturated/α-hetero) is 1. The minimum absolute atomic E-state index is 0.0263. The molecule has 1 aromatic carbocycles. The molecular weight excluding hydrogens is 344 g/mol. The summed E-state index contributed by atoms with van der Waals surface area (Å²) in [5.41, 5.74) is 2.05. The first-order valence-electron chi connectivity index (χ1n) is 9.62. The molecule has 0 aliphatic carbocycles. The van der Waals surface area contributed by atoms with Gasteiger partial charge in [-0.3, -0.25) is 4.79 Å². The van der Waals surface area contributed by atoms with Gasteiger partial charge in [-0.1, -0.05) is 41.5 Å². The molecule has 0 saturated carbocycles. The highest BCUT2D eigenvalue weighted by atomic mass is 28.4. The van der Waals surface area contributed by atoms with Gasteiger partial charge in [0.15, 0.2) is 11.5 Å². The number of ether oxygens (including phenoxy) is 2. The fraction of sp³-hybridized carbons (Fsp3) is 0.667. The molecule has 0 N–H and O–H groups in total. The van der Waals surface area contributed by atoms with Gasteiger partial charge in [-0.05, 0) is 41.7 Å². The first-order chi connectivity index (χ1) is 12.2. The highest BCUT2D eigenvalue weighted by molar-refractivity contribution is 6.78. The van der Waals surface area contributed by atoms with E-state index < -0.39 is 8.32 Å². The maximum Gasteiger partial charge on any atom is 0.258 e. The van der Waals surface area contributed by atoms with Crippen LogP contribution in [-0.2, 0) is 4.74 Å². The Kier molecular flexibility index (Phi) is 8.84. The maximum absolute atomic E-state index is 11.8. The van der Waals surface area contributed by atoms with Crippen molar-refractivity contribution < 1.29 is 18.7 Å². The van der Waals surface area contributed by atoms with Gasteiger partial charge in [0.05, 0.1) is 6.61 Å². The number of carbonyl (C=O) groups is 1. The average Bonchev–Trinajstić information content (AvgIpc) is 2.56. The number of ketones is 1. The molecule has 0 spiro atoms. The first kappa shape index (κ1) is 22.7. The van der Waals surface area contributed by atoms with Gasteiger partial charge < -0.3 is 13.9 Å². The molecule has 148 valence electrons. The van der Waals surface area contributed by atoms with Crippen molar-refractivity contribution >= 4 is 14.1 Å². The molecule has 26 heavy (non-hydrogen) atoms. The summed E-state index contributed by atoms with van der Waals surface area (Å²) in [5, 5.41) is 0. The van der Waals surface area contributed by atoms with E-state index in [0.29, 0.717) is 41.2 Å². The minimum atomic E-state index is -2.09. The highest BCUT2D eigenvalue weighted by Gasteiger charge is 2.47. The smallest absolute Gasteiger partial charge is 0.258 e. The number of benzene rings is 1. The molecule has 5 heteroatoms. The van der Waals surface area contributed by atoms with Crippen LogP contribution in [0.25, 0.3) is 0 Å². The zero-order chi connectivity index (χ0) is 19.9. The predicted molar refractivity (Wildman–Crippen MR) is 110 cm³/mol. The molecule has 0 atom stereocenters. The summed E-state index contributed by atoms with van der Waals surface area (Å²) in [6, 6.07) is 5.54. The summed E-state index contributed by atoms with van der Waals surface area (Å²) in [4.78, 5) is 11.8. The molecule has 0 saturated heterocycles. The second-order valence-electron chi connectivity index (χ2n) is 7.83. The van der Waals surface area contributed by atoms with E-state index in [4.69, 9.17) is 13.9 Å². The Morgan fingerprint density at radius 2 is 1.54 bits per heavy atom. The molecule has 0 fully saturated rings. The normalized spacial score (nSPS) is 12.1. The zero-order valence-electron chi connectivity index (χ0n) is 17.7. The van der Waals surface area contributed by atoms with Gasteiger partial charge in [-0.25, -0.2) is 0 Å². The lowest BCUT2D eigenvalue weighted by Gasteiger charge is -2.42. The van der Waals surface area contributed by atoms with E-state index in [2.05, 4.69) is 41.5 Å². The van der Waals surface area contributed by atoms with Crippen LogP contribution in [-0.4, -0.2) is 34.4 Å². The van der Waals surface area contributed by atoms with Gasteiger partial charge in [0.2, 0.25) is 0 Å². The number of rotatable bonds is 11. The van der Waals surface area contributed by atoms with Crippen LogP contribution >= 0.6 is 0 Å². The van der Waals surface area contributed by atoms with Crippen LogP contribution in [0, 0.1) is 0 Å². The minimum Gasteiger partial charge on any atom is -0.540 e. The largest absolute Gasteiger partial charge is 0.540 e. The topological polar surface area (TPSA) is 44.8 Å². The van der Waals surface area contributed by atoms with Crippen molar-refractivity contribution in [3.05, 3.63) is 23.8 Å². The van der Waals surface area contributed by atoms with Crippen molar-refractivity contribution in [2.45, 2.75) is 71.5 Å². The molecule has 0 unspecified atom stereocenters. The molecule has 1 aromatic rings. The fourth-order valence-corrected chi connectivity index (χ4v) is 9.11. The molecule has 1 rings (SSSR count). The second kappa shape index (κ2) is 10.1. The summed E-state index contributed by atoms with van der Waals surface area (Å²) in [5.74, 6) is 1.45. The van der Waals surface area contributed by atoms with E-state index >= 15 is 0 Å². The monoisotopic (exact) mass is 380 g/mol. The quantitative estimate of drug-likeness (QED) is 0.274. The third-order valence-electron chi connectivity index (χ3n) is 5.09. The molecule has 0 aliphatic rings. The number of carbonyl (C=O) groups excluding carboxylic acids is 1. The molecule has 0 heterocycles.